The van der Waals surface area contributed by atoms with Crippen molar-refractivity contribution in [1.82, 2.24) is 10.6 Å². The molecule has 0 spiro atoms. The summed E-state index contributed by atoms with van der Waals surface area (Å²) in [5.74, 6) is -0.166. The van der Waals surface area contributed by atoms with Crippen molar-refractivity contribution in [2.24, 2.45) is 5.92 Å². The van der Waals surface area contributed by atoms with E-state index in [1.54, 1.807) is 11.8 Å². The lowest BCUT2D eigenvalue weighted by Crippen LogP contribution is -2.48. The van der Waals surface area contributed by atoms with Crippen LogP contribution in [-0.4, -0.2) is 36.0 Å². The summed E-state index contributed by atoms with van der Waals surface area (Å²) in [6.45, 7) is 5.04. The highest BCUT2D eigenvalue weighted by Gasteiger charge is 2.21. The summed E-state index contributed by atoms with van der Waals surface area (Å²) in [7, 11) is 0. The van der Waals surface area contributed by atoms with Gasteiger partial charge in [0.25, 0.3) is 5.91 Å². The number of aliphatic carboxylic acids is 1. The van der Waals surface area contributed by atoms with Gasteiger partial charge in [-0.05, 0) is 78.5 Å². The van der Waals surface area contributed by atoms with E-state index >= 15 is 0 Å². The van der Waals surface area contributed by atoms with Crippen LogP contribution in [0, 0.1) is 12.8 Å². The number of rotatable bonds is 15. The van der Waals surface area contributed by atoms with Crippen LogP contribution in [0.3, 0.4) is 0 Å². The van der Waals surface area contributed by atoms with Gasteiger partial charge in [-0.15, -0.1) is 0 Å². The predicted molar refractivity (Wildman–Crippen MR) is 157 cm³/mol. The second-order valence-electron chi connectivity index (χ2n) is 10.8. The molecule has 0 aliphatic heterocycles. The van der Waals surface area contributed by atoms with E-state index in [2.05, 4.69) is 23.6 Å². The number of hydrogen-bond donors (Lipinski definition) is 2. The SMILES string of the molecule is CCCC[C@H](CC1CCCCC1)NCc1ccc(C(=O)N[C@@H](CCSC)C(=O)[O-])c(-c2ccccc2C)c1. The van der Waals surface area contributed by atoms with E-state index in [0.717, 1.165) is 34.7 Å². The fraction of sp³-hybridized carbons (Fsp3) is 0.562. The number of unbranched alkanes of at least 4 members (excludes halogenated alkanes) is 1. The van der Waals surface area contributed by atoms with Crippen molar-refractivity contribution in [1.29, 1.82) is 0 Å². The van der Waals surface area contributed by atoms with Crippen molar-refractivity contribution < 1.29 is 14.7 Å². The molecule has 2 aromatic carbocycles. The molecule has 38 heavy (non-hydrogen) atoms. The van der Waals surface area contributed by atoms with Crippen LogP contribution >= 0.6 is 11.8 Å². The summed E-state index contributed by atoms with van der Waals surface area (Å²) < 4.78 is 0. The van der Waals surface area contributed by atoms with Gasteiger partial charge in [0, 0.05) is 18.2 Å². The molecule has 2 aromatic rings. The zero-order valence-corrected chi connectivity index (χ0v) is 24.2. The highest BCUT2D eigenvalue weighted by atomic mass is 32.2. The van der Waals surface area contributed by atoms with E-state index in [1.807, 2.05) is 49.6 Å². The molecular weight excluding hydrogens is 492 g/mol. The highest BCUT2D eigenvalue weighted by molar-refractivity contribution is 7.98. The fourth-order valence-corrected chi connectivity index (χ4v) is 6.03. The number of carboxylic acid groups (broad SMARTS) is 1. The molecule has 0 bridgehead atoms. The van der Waals surface area contributed by atoms with Crippen molar-refractivity contribution in [2.75, 3.05) is 12.0 Å². The first-order chi connectivity index (χ1) is 18.4. The van der Waals surface area contributed by atoms with Gasteiger partial charge in [0.15, 0.2) is 0 Å². The maximum Gasteiger partial charge on any atom is 0.252 e. The van der Waals surface area contributed by atoms with E-state index < -0.39 is 12.0 Å². The molecule has 5 nitrogen and oxygen atoms in total. The quantitative estimate of drug-likeness (QED) is 0.296. The van der Waals surface area contributed by atoms with Gasteiger partial charge in [0.2, 0.25) is 0 Å². The van der Waals surface area contributed by atoms with E-state index in [0.29, 0.717) is 23.8 Å². The number of aryl methyl sites for hydroxylation is 1. The molecule has 0 radical (unpaired) electrons. The third kappa shape index (κ3) is 9.16. The Hall–Kier alpha value is -2.31. The Balaban J connectivity index is 1.82. The Morgan fingerprint density at radius 2 is 1.82 bits per heavy atom. The van der Waals surface area contributed by atoms with Crippen molar-refractivity contribution in [2.45, 2.75) is 96.7 Å². The van der Waals surface area contributed by atoms with Gasteiger partial charge in [0.1, 0.15) is 0 Å². The maximum absolute atomic E-state index is 13.3. The second kappa shape index (κ2) is 15.9. The second-order valence-corrected chi connectivity index (χ2v) is 11.8. The number of benzene rings is 2. The molecule has 1 saturated carbocycles. The normalized spacial score (nSPS) is 15.7. The van der Waals surface area contributed by atoms with Gasteiger partial charge in [-0.25, -0.2) is 0 Å². The van der Waals surface area contributed by atoms with Crippen LogP contribution in [-0.2, 0) is 11.3 Å². The molecule has 1 aliphatic carbocycles. The summed E-state index contributed by atoms with van der Waals surface area (Å²) >= 11 is 1.55. The molecule has 1 amide bonds. The number of hydrogen-bond acceptors (Lipinski definition) is 5. The molecule has 3 rings (SSSR count). The lowest BCUT2D eigenvalue weighted by molar-refractivity contribution is -0.308. The number of thioether (sulfide) groups is 1. The zero-order valence-electron chi connectivity index (χ0n) is 23.4. The summed E-state index contributed by atoms with van der Waals surface area (Å²) in [5, 5.41) is 18.2. The minimum atomic E-state index is -1.25. The number of amides is 1. The number of carbonyl (C=O) groups excluding carboxylic acids is 2. The molecule has 6 heteroatoms. The van der Waals surface area contributed by atoms with Crippen molar-refractivity contribution in [3.63, 3.8) is 0 Å². The van der Waals surface area contributed by atoms with Crippen LogP contribution in [0.4, 0.5) is 0 Å². The van der Waals surface area contributed by atoms with E-state index in [4.69, 9.17) is 0 Å². The van der Waals surface area contributed by atoms with Gasteiger partial charge in [-0.1, -0.05) is 82.2 Å². The molecule has 0 saturated heterocycles. The molecule has 0 aromatic heterocycles. The van der Waals surface area contributed by atoms with Crippen LogP contribution in [0.15, 0.2) is 42.5 Å². The summed E-state index contributed by atoms with van der Waals surface area (Å²) in [5.41, 5.74) is 4.51. The summed E-state index contributed by atoms with van der Waals surface area (Å²) in [4.78, 5) is 25.0. The fourth-order valence-electron chi connectivity index (χ4n) is 5.56. The van der Waals surface area contributed by atoms with Crippen molar-refractivity contribution >= 4 is 23.6 Å². The average Bonchev–Trinajstić information content (AvgIpc) is 2.93. The smallest absolute Gasteiger partial charge is 0.252 e. The number of nitrogens with one attached hydrogen (secondary N) is 2. The van der Waals surface area contributed by atoms with Crippen LogP contribution in [0.25, 0.3) is 11.1 Å². The largest absolute Gasteiger partial charge is 0.548 e. The third-order valence-corrected chi connectivity index (χ3v) is 8.45. The lowest BCUT2D eigenvalue weighted by Gasteiger charge is -2.27. The van der Waals surface area contributed by atoms with Crippen molar-refractivity contribution in [3.05, 3.63) is 59.2 Å². The van der Waals surface area contributed by atoms with Crippen molar-refractivity contribution in [3.8, 4) is 11.1 Å². The van der Waals surface area contributed by atoms with Crippen LogP contribution in [0.2, 0.25) is 0 Å². The predicted octanol–water partition coefficient (Wildman–Crippen LogP) is 5.88. The minimum Gasteiger partial charge on any atom is -0.548 e. The standard InChI is InChI=1S/C32H46N2O3S/c1-4-5-14-26(20-24-12-7-6-8-13-24)33-22-25-16-17-28(29(21-25)27-15-10-9-11-23(27)2)31(35)34-30(32(36)37)18-19-38-3/h9-11,15-17,21,24,26,30,33H,4-8,12-14,18-20,22H2,1-3H3,(H,34,35)(H,36,37)/p-1/t26-,30+/m1/s1. The first-order valence-electron chi connectivity index (χ1n) is 14.4. The Morgan fingerprint density at radius 3 is 2.50 bits per heavy atom. The molecular formula is C32H45N2O3S-. The molecule has 0 unspecified atom stereocenters. The highest BCUT2D eigenvalue weighted by Crippen LogP contribution is 2.30. The van der Waals surface area contributed by atoms with E-state index in [1.165, 1.54) is 57.8 Å². The van der Waals surface area contributed by atoms with Crippen LogP contribution in [0.1, 0.15) is 92.6 Å². The van der Waals surface area contributed by atoms with Crippen LogP contribution in [0.5, 0.6) is 0 Å². The first-order valence-corrected chi connectivity index (χ1v) is 15.7. The molecule has 2 N–H and O–H groups in total. The third-order valence-electron chi connectivity index (χ3n) is 7.81. The Morgan fingerprint density at radius 1 is 1.05 bits per heavy atom. The summed E-state index contributed by atoms with van der Waals surface area (Å²) in [6, 6.07) is 13.4. The van der Waals surface area contributed by atoms with Crippen LogP contribution < -0.4 is 15.7 Å². The van der Waals surface area contributed by atoms with Gasteiger partial charge < -0.3 is 20.5 Å². The Bertz CT molecular complexity index is 1040. The summed E-state index contributed by atoms with van der Waals surface area (Å²) in [6.07, 6.45) is 13.9. The number of carbonyl (C=O) groups is 2. The topological polar surface area (TPSA) is 81.3 Å². The molecule has 2 atom stereocenters. The molecule has 0 heterocycles. The van der Waals surface area contributed by atoms with Gasteiger partial charge in [-0.3, -0.25) is 4.79 Å². The van der Waals surface area contributed by atoms with E-state index in [9.17, 15) is 14.7 Å². The molecule has 208 valence electrons. The van der Waals surface area contributed by atoms with E-state index in [-0.39, 0.29) is 5.91 Å². The van der Waals surface area contributed by atoms with Gasteiger partial charge in [0.05, 0.1) is 12.0 Å². The Kier molecular flexibility index (Phi) is 12.7. The Labute approximate surface area is 233 Å². The lowest BCUT2D eigenvalue weighted by atomic mass is 9.84. The molecule has 1 fully saturated rings. The van der Waals surface area contributed by atoms with Gasteiger partial charge >= 0.3 is 0 Å². The maximum atomic E-state index is 13.3. The minimum absolute atomic E-state index is 0.330. The zero-order chi connectivity index (χ0) is 27.3. The monoisotopic (exact) mass is 537 g/mol. The van der Waals surface area contributed by atoms with Gasteiger partial charge in [-0.2, -0.15) is 11.8 Å². The first kappa shape index (κ1) is 30.2. The molecule has 1 aliphatic rings. The number of carboxylic acids is 1. The average molecular weight is 538 g/mol.